The van der Waals surface area contributed by atoms with Crippen molar-refractivity contribution in [3.05, 3.63) is 0 Å². The van der Waals surface area contributed by atoms with E-state index in [0.29, 0.717) is 0 Å². The second kappa shape index (κ2) is 3.38. The fraction of sp³-hybridized carbons (Fsp3) is 0.750. The van der Waals surface area contributed by atoms with Crippen molar-refractivity contribution in [2.75, 3.05) is 6.54 Å². The van der Waals surface area contributed by atoms with E-state index in [1.807, 2.05) is 6.21 Å². The second-order valence-electron chi connectivity index (χ2n) is 1.23. The van der Waals surface area contributed by atoms with Gasteiger partial charge in [0.25, 0.3) is 0 Å². The molecule has 0 atom stereocenters. The van der Waals surface area contributed by atoms with Crippen LogP contribution in [0.1, 0.15) is 12.8 Å². The van der Waals surface area contributed by atoms with Crippen LogP contribution in [0.3, 0.4) is 0 Å². The van der Waals surface area contributed by atoms with E-state index < -0.39 is 0 Å². The Balaban J connectivity index is 0.000000250. The van der Waals surface area contributed by atoms with Gasteiger partial charge in [0.15, 0.2) is 0 Å². The van der Waals surface area contributed by atoms with E-state index in [-0.39, 0.29) is 17.1 Å². The summed E-state index contributed by atoms with van der Waals surface area (Å²) in [5.41, 5.74) is 0. The first kappa shape index (κ1) is 6.19. The van der Waals surface area contributed by atoms with E-state index in [9.17, 15) is 0 Å². The van der Waals surface area contributed by atoms with E-state index in [2.05, 4.69) is 4.99 Å². The van der Waals surface area contributed by atoms with Gasteiger partial charge in [-0.2, -0.15) is 0 Å². The average Bonchev–Trinajstić information content (AvgIpc) is 1.76. The SMILES string of the molecule is C1=NCCC1.[Se]. The summed E-state index contributed by atoms with van der Waals surface area (Å²) in [4.78, 5) is 3.96. The van der Waals surface area contributed by atoms with Gasteiger partial charge in [-0.3, -0.25) is 4.99 Å². The molecule has 0 aromatic carbocycles. The molecule has 1 aliphatic rings. The van der Waals surface area contributed by atoms with Crippen LogP contribution in [-0.4, -0.2) is 29.8 Å². The molecule has 1 nitrogen and oxygen atoms in total. The van der Waals surface area contributed by atoms with Crippen LogP contribution in [0.2, 0.25) is 0 Å². The number of nitrogens with zero attached hydrogens (tertiary/aromatic N) is 1. The first-order chi connectivity index (χ1) is 2.50. The van der Waals surface area contributed by atoms with Crippen molar-refractivity contribution in [2.24, 2.45) is 4.99 Å². The molecule has 0 amide bonds. The van der Waals surface area contributed by atoms with Crippen LogP contribution in [0.5, 0.6) is 0 Å². The van der Waals surface area contributed by atoms with Crippen LogP contribution in [0, 0.1) is 0 Å². The maximum atomic E-state index is 3.96. The molecule has 0 spiro atoms. The Kier molecular flexibility index (Phi) is 3.49. The Labute approximate surface area is 48.3 Å². The predicted molar refractivity (Wildman–Crippen MR) is 28.3 cm³/mol. The molecule has 0 unspecified atom stereocenters. The van der Waals surface area contributed by atoms with Crippen LogP contribution in [0.15, 0.2) is 4.99 Å². The minimum absolute atomic E-state index is 0. The van der Waals surface area contributed by atoms with Crippen LogP contribution >= 0.6 is 0 Å². The van der Waals surface area contributed by atoms with Crippen molar-refractivity contribution in [3.63, 3.8) is 0 Å². The summed E-state index contributed by atoms with van der Waals surface area (Å²) in [6.07, 6.45) is 4.47. The van der Waals surface area contributed by atoms with Gasteiger partial charge < -0.3 is 0 Å². The van der Waals surface area contributed by atoms with Gasteiger partial charge in [0.2, 0.25) is 0 Å². The summed E-state index contributed by atoms with van der Waals surface area (Å²) >= 11 is 0. The van der Waals surface area contributed by atoms with Gasteiger partial charge in [0.05, 0.1) is 0 Å². The summed E-state index contributed by atoms with van der Waals surface area (Å²) in [7, 11) is 0. The molecule has 0 saturated carbocycles. The molecule has 0 aromatic heterocycles. The van der Waals surface area contributed by atoms with Crippen molar-refractivity contribution in [1.29, 1.82) is 0 Å². The maximum absolute atomic E-state index is 3.96. The molecular weight excluding hydrogens is 141 g/mol. The molecular formula is C4H7NSe. The normalized spacial score (nSPS) is 17.3. The first-order valence-corrected chi connectivity index (χ1v) is 1.98. The molecule has 0 aromatic rings. The zero-order valence-corrected chi connectivity index (χ0v) is 5.27. The van der Waals surface area contributed by atoms with Crippen molar-refractivity contribution in [2.45, 2.75) is 12.8 Å². The third kappa shape index (κ3) is 1.58. The van der Waals surface area contributed by atoms with E-state index in [1.54, 1.807) is 0 Å². The van der Waals surface area contributed by atoms with E-state index in [4.69, 9.17) is 0 Å². The quantitative estimate of drug-likeness (QED) is 0.443. The molecule has 2 heteroatoms. The summed E-state index contributed by atoms with van der Waals surface area (Å²) in [6, 6.07) is 0. The Morgan fingerprint density at radius 3 is 2.50 bits per heavy atom. The number of rotatable bonds is 0. The summed E-state index contributed by atoms with van der Waals surface area (Å²) < 4.78 is 0. The van der Waals surface area contributed by atoms with E-state index >= 15 is 0 Å². The monoisotopic (exact) mass is 149 g/mol. The van der Waals surface area contributed by atoms with Crippen LogP contribution in [0.25, 0.3) is 0 Å². The summed E-state index contributed by atoms with van der Waals surface area (Å²) in [5.74, 6) is 0. The van der Waals surface area contributed by atoms with Gasteiger partial charge in [-0.15, -0.1) is 0 Å². The smallest absolute Gasteiger partial charge is 0.0388 e. The zero-order chi connectivity index (χ0) is 3.54. The average molecular weight is 148 g/mol. The van der Waals surface area contributed by atoms with Crippen LogP contribution in [-0.2, 0) is 0 Å². The summed E-state index contributed by atoms with van der Waals surface area (Å²) in [5, 5.41) is 0. The molecule has 0 saturated heterocycles. The third-order valence-corrected chi connectivity index (χ3v) is 0.750. The minimum atomic E-state index is 0. The molecule has 34 valence electrons. The van der Waals surface area contributed by atoms with Gasteiger partial charge in [0, 0.05) is 23.6 Å². The number of hydrogen-bond acceptors (Lipinski definition) is 1. The molecule has 0 bridgehead atoms. The zero-order valence-electron chi connectivity index (χ0n) is 3.55. The largest absolute Gasteiger partial charge is 0.298 e. The van der Waals surface area contributed by atoms with Crippen molar-refractivity contribution in [3.8, 4) is 0 Å². The summed E-state index contributed by atoms with van der Waals surface area (Å²) in [6.45, 7) is 1.07. The van der Waals surface area contributed by atoms with Crippen molar-refractivity contribution in [1.82, 2.24) is 0 Å². The van der Waals surface area contributed by atoms with Gasteiger partial charge in [-0.05, 0) is 19.1 Å². The molecule has 6 heavy (non-hydrogen) atoms. The van der Waals surface area contributed by atoms with Crippen molar-refractivity contribution < 1.29 is 0 Å². The Hall–Kier alpha value is 0.189. The molecule has 1 rings (SSSR count). The van der Waals surface area contributed by atoms with E-state index in [0.717, 1.165) is 6.54 Å². The molecule has 0 N–H and O–H groups in total. The van der Waals surface area contributed by atoms with Gasteiger partial charge in [-0.1, -0.05) is 0 Å². The second-order valence-corrected chi connectivity index (χ2v) is 1.23. The topological polar surface area (TPSA) is 12.4 Å². The molecule has 0 fully saturated rings. The standard InChI is InChI=1S/C4H7N.Se/c1-2-4-5-3-1;/h3H,1-2,4H2;. The van der Waals surface area contributed by atoms with Crippen molar-refractivity contribution >= 4 is 23.3 Å². The van der Waals surface area contributed by atoms with Gasteiger partial charge >= 0.3 is 0 Å². The third-order valence-electron chi connectivity index (χ3n) is 0.750. The fourth-order valence-electron chi connectivity index (χ4n) is 0.456. The van der Waals surface area contributed by atoms with E-state index in [1.165, 1.54) is 12.8 Å². The molecule has 1 aliphatic heterocycles. The first-order valence-electron chi connectivity index (χ1n) is 1.98. The van der Waals surface area contributed by atoms with Crippen LogP contribution < -0.4 is 0 Å². The molecule has 1 heterocycles. The Bertz CT molecular complexity index is 45.5. The maximum Gasteiger partial charge on any atom is 0.0388 e. The number of hydrogen-bond donors (Lipinski definition) is 0. The molecule has 2 radical (unpaired) electrons. The Morgan fingerprint density at radius 2 is 2.33 bits per heavy atom. The Morgan fingerprint density at radius 1 is 1.50 bits per heavy atom. The minimum Gasteiger partial charge on any atom is -0.298 e. The van der Waals surface area contributed by atoms with Crippen LogP contribution in [0.4, 0.5) is 0 Å². The van der Waals surface area contributed by atoms with Gasteiger partial charge in [0.1, 0.15) is 0 Å². The predicted octanol–water partition coefficient (Wildman–Crippen LogP) is 0.470. The fourth-order valence-corrected chi connectivity index (χ4v) is 0.456. The number of aliphatic imine (C=N–C) groups is 1. The van der Waals surface area contributed by atoms with Gasteiger partial charge in [-0.25, -0.2) is 0 Å². The molecule has 0 aliphatic carbocycles.